The van der Waals surface area contributed by atoms with Crippen LogP contribution in [-0.2, 0) is 21.4 Å². The molecule has 0 saturated heterocycles. The number of nitro benzene ring substituents is 1. The van der Waals surface area contributed by atoms with Crippen LogP contribution in [0.4, 0.5) is 11.4 Å². The predicted molar refractivity (Wildman–Crippen MR) is 104 cm³/mol. The monoisotopic (exact) mass is 418 g/mol. The molecule has 0 atom stereocenters. The number of non-ortho nitro benzene ring substituents is 1. The summed E-state index contributed by atoms with van der Waals surface area (Å²) in [5, 5.41) is 12.4. The number of esters is 1. The fraction of sp³-hybridized carbons (Fsp3) is 0.0556. The highest BCUT2D eigenvalue weighted by Gasteiger charge is 2.16. The lowest BCUT2D eigenvalue weighted by molar-refractivity contribution is -0.384. The Balaban J connectivity index is 1.62. The first-order chi connectivity index (χ1) is 13.3. The van der Waals surface area contributed by atoms with Gasteiger partial charge < -0.3 is 4.74 Å². The van der Waals surface area contributed by atoms with E-state index in [0.717, 1.165) is 11.3 Å². The average molecular weight is 418 g/mol. The topological polar surface area (TPSA) is 116 Å². The molecule has 0 radical (unpaired) electrons. The molecular weight excluding hydrogens is 404 g/mol. The quantitative estimate of drug-likeness (QED) is 0.354. The number of hydrogen-bond donors (Lipinski definition) is 1. The molecule has 0 amide bonds. The van der Waals surface area contributed by atoms with Crippen molar-refractivity contribution in [3.05, 3.63) is 87.3 Å². The van der Waals surface area contributed by atoms with Crippen molar-refractivity contribution in [1.29, 1.82) is 0 Å². The maximum absolute atomic E-state index is 12.2. The van der Waals surface area contributed by atoms with E-state index in [1.54, 1.807) is 17.5 Å². The van der Waals surface area contributed by atoms with Crippen LogP contribution in [-0.4, -0.2) is 19.3 Å². The zero-order chi connectivity index (χ0) is 20.1. The van der Waals surface area contributed by atoms with Crippen molar-refractivity contribution in [3.8, 4) is 0 Å². The number of anilines is 1. The lowest BCUT2D eigenvalue weighted by atomic mass is 10.2. The minimum atomic E-state index is -3.66. The summed E-state index contributed by atoms with van der Waals surface area (Å²) in [5.41, 5.74) is 0.937. The van der Waals surface area contributed by atoms with E-state index >= 15 is 0 Å². The van der Waals surface area contributed by atoms with Crippen LogP contribution in [0.15, 0.2) is 70.3 Å². The fourth-order valence-corrected chi connectivity index (χ4v) is 4.34. The Bertz CT molecular complexity index is 1090. The third kappa shape index (κ3) is 4.72. The summed E-state index contributed by atoms with van der Waals surface area (Å²) in [6.07, 6.45) is 0. The van der Waals surface area contributed by atoms with Crippen LogP contribution < -0.4 is 4.72 Å². The second-order valence-corrected chi connectivity index (χ2v) is 8.48. The molecule has 0 saturated carbocycles. The molecule has 0 unspecified atom stereocenters. The van der Waals surface area contributed by atoms with Crippen molar-refractivity contribution in [2.24, 2.45) is 0 Å². The Labute approximate surface area is 164 Å². The molecule has 0 aliphatic rings. The second kappa shape index (κ2) is 8.19. The van der Waals surface area contributed by atoms with E-state index in [9.17, 15) is 23.3 Å². The van der Waals surface area contributed by atoms with Crippen molar-refractivity contribution >= 4 is 38.7 Å². The summed E-state index contributed by atoms with van der Waals surface area (Å²) in [4.78, 5) is 22.4. The van der Waals surface area contributed by atoms with Gasteiger partial charge in [-0.2, -0.15) is 0 Å². The van der Waals surface area contributed by atoms with Gasteiger partial charge in [0.15, 0.2) is 0 Å². The van der Waals surface area contributed by atoms with Crippen molar-refractivity contribution in [1.82, 2.24) is 0 Å². The standard InChI is InChI=1S/C18H14N2O6S2/c21-18(26-12-13-3-1-4-16(11-13)20(22)23)14-6-8-15(9-7-14)19-28(24,25)17-5-2-10-27-17/h1-11,19H,12H2. The molecular formula is C18H14N2O6S2. The predicted octanol–water partition coefficient (Wildman–Crippen LogP) is 3.81. The van der Waals surface area contributed by atoms with Crippen LogP contribution in [0.5, 0.6) is 0 Å². The molecule has 3 aromatic rings. The number of hydrogen-bond acceptors (Lipinski definition) is 7. The number of carbonyl (C=O) groups excluding carboxylic acids is 1. The first-order valence-corrected chi connectivity index (χ1v) is 10.3. The number of benzene rings is 2. The van der Waals surface area contributed by atoms with Crippen molar-refractivity contribution in [2.75, 3.05) is 4.72 Å². The summed E-state index contributed by atoms with van der Waals surface area (Å²) < 4.78 is 32.1. The van der Waals surface area contributed by atoms with Gasteiger partial charge in [-0.05, 0) is 41.3 Å². The van der Waals surface area contributed by atoms with Crippen molar-refractivity contribution < 1.29 is 22.9 Å². The van der Waals surface area contributed by atoms with Crippen molar-refractivity contribution in [2.45, 2.75) is 10.8 Å². The van der Waals surface area contributed by atoms with E-state index in [2.05, 4.69) is 4.72 Å². The number of nitrogens with zero attached hydrogens (tertiary/aromatic N) is 1. The third-order valence-corrected chi connectivity index (χ3v) is 6.40. The van der Waals surface area contributed by atoms with Gasteiger partial charge in [-0.1, -0.05) is 18.2 Å². The van der Waals surface area contributed by atoms with Gasteiger partial charge in [0.05, 0.1) is 10.5 Å². The molecule has 0 spiro atoms. The Morgan fingerprint density at radius 1 is 1.11 bits per heavy atom. The van der Waals surface area contributed by atoms with Gasteiger partial charge in [-0.3, -0.25) is 14.8 Å². The maximum Gasteiger partial charge on any atom is 0.338 e. The minimum Gasteiger partial charge on any atom is -0.457 e. The number of sulfonamides is 1. The number of thiophene rings is 1. The molecule has 0 bridgehead atoms. The van der Waals surface area contributed by atoms with Gasteiger partial charge in [0, 0.05) is 17.8 Å². The van der Waals surface area contributed by atoms with E-state index < -0.39 is 20.9 Å². The van der Waals surface area contributed by atoms with E-state index in [0.29, 0.717) is 11.3 Å². The molecule has 3 rings (SSSR count). The summed E-state index contributed by atoms with van der Waals surface area (Å²) in [5.74, 6) is -0.626. The summed E-state index contributed by atoms with van der Waals surface area (Å²) in [6, 6.07) is 14.7. The Morgan fingerprint density at radius 3 is 2.50 bits per heavy atom. The molecule has 0 aliphatic heterocycles. The second-order valence-electron chi connectivity index (χ2n) is 5.62. The smallest absolute Gasteiger partial charge is 0.338 e. The molecule has 144 valence electrons. The molecule has 1 aromatic heterocycles. The average Bonchev–Trinajstić information content (AvgIpc) is 3.22. The van der Waals surface area contributed by atoms with Gasteiger partial charge in [0.1, 0.15) is 10.8 Å². The van der Waals surface area contributed by atoms with E-state index in [1.807, 2.05) is 0 Å². The first kappa shape index (κ1) is 19.5. The highest BCUT2D eigenvalue weighted by molar-refractivity contribution is 7.94. The van der Waals surface area contributed by atoms with E-state index in [1.165, 1.54) is 48.5 Å². The maximum atomic E-state index is 12.2. The summed E-state index contributed by atoms with van der Waals surface area (Å²) >= 11 is 1.10. The van der Waals surface area contributed by atoms with Gasteiger partial charge in [-0.15, -0.1) is 11.3 Å². The zero-order valence-corrected chi connectivity index (χ0v) is 15.9. The largest absolute Gasteiger partial charge is 0.457 e. The molecule has 8 nitrogen and oxygen atoms in total. The van der Waals surface area contributed by atoms with E-state index in [4.69, 9.17) is 4.74 Å². The molecule has 2 aromatic carbocycles. The van der Waals surface area contributed by atoms with Crippen LogP contribution >= 0.6 is 11.3 Å². The lowest BCUT2D eigenvalue weighted by Crippen LogP contribution is -2.11. The van der Waals surface area contributed by atoms with E-state index in [-0.39, 0.29) is 22.1 Å². The SMILES string of the molecule is O=C(OCc1cccc([N+](=O)[O-])c1)c1ccc(NS(=O)(=O)c2cccs2)cc1. The van der Waals surface area contributed by atoms with Crippen LogP contribution in [0.2, 0.25) is 0 Å². The highest BCUT2D eigenvalue weighted by Crippen LogP contribution is 2.21. The van der Waals surface area contributed by atoms with Gasteiger partial charge >= 0.3 is 5.97 Å². The van der Waals surface area contributed by atoms with Crippen LogP contribution in [0.25, 0.3) is 0 Å². The van der Waals surface area contributed by atoms with Gasteiger partial charge in [0.25, 0.3) is 15.7 Å². The van der Waals surface area contributed by atoms with Gasteiger partial charge in [0.2, 0.25) is 0 Å². The molecule has 10 heteroatoms. The summed E-state index contributed by atoms with van der Waals surface area (Å²) in [7, 11) is -3.66. The van der Waals surface area contributed by atoms with Crippen LogP contribution in [0.3, 0.4) is 0 Å². The Hall–Kier alpha value is -3.24. The number of nitrogens with one attached hydrogen (secondary N) is 1. The van der Waals surface area contributed by atoms with Crippen LogP contribution in [0.1, 0.15) is 15.9 Å². The number of nitro groups is 1. The Morgan fingerprint density at radius 2 is 1.86 bits per heavy atom. The normalized spacial score (nSPS) is 11.0. The number of carbonyl (C=O) groups is 1. The third-order valence-electron chi connectivity index (χ3n) is 3.62. The number of rotatable bonds is 7. The fourth-order valence-electron chi connectivity index (χ4n) is 2.29. The lowest BCUT2D eigenvalue weighted by Gasteiger charge is -2.08. The highest BCUT2D eigenvalue weighted by atomic mass is 32.2. The number of ether oxygens (including phenoxy) is 1. The minimum absolute atomic E-state index is 0.0871. The van der Waals surface area contributed by atoms with Gasteiger partial charge in [-0.25, -0.2) is 13.2 Å². The first-order valence-electron chi connectivity index (χ1n) is 7.92. The molecule has 1 N–H and O–H groups in total. The molecule has 1 heterocycles. The molecule has 0 aliphatic carbocycles. The molecule has 28 heavy (non-hydrogen) atoms. The zero-order valence-electron chi connectivity index (χ0n) is 14.3. The molecule has 0 fully saturated rings. The van der Waals surface area contributed by atoms with Crippen molar-refractivity contribution in [3.63, 3.8) is 0 Å². The van der Waals surface area contributed by atoms with Crippen LogP contribution in [0, 0.1) is 10.1 Å². The summed E-state index contributed by atoms with van der Waals surface area (Å²) in [6.45, 7) is -0.118. The Kier molecular flexibility index (Phi) is 5.71.